The number of rotatable bonds is 3. The van der Waals surface area contributed by atoms with Crippen LogP contribution in [0.4, 0.5) is 10.2 Å². The van der Waals surface area contributed by atoms with Crippen LogP contribution in [0.3, 0.4) is 0 Å². The van der Waals surface area contributed by atoms with Crippen LogP contribution < -0.4 is 5.32 Å². The smallest absolute Gasteiger partial charge is 0.163 e. The van der Waals surface area contributed by atoms with Crippen LogP contribution in [0.5, 0.6) is 0 Å². The van der Waals surface area contributed by atoms with E-state index in [4.69, 9.17) is 0 Å². The molecule has 1 aromatic carbocycles. The molecule has 0 aliphatic carbocycles. The third kappa shape index (κ3) is 2.25. The molecule has 0 atom stereocenters. The van der Waals surface area contributed by atoms with Crippen LogP contribution in [0.15, 0.2) is 29.0 Å². The Bertz CT molecular complexity index is 767. The molecule has 0 radical (unpaired) electrons. The van der Waals surface area contributed by atoms with Gasteiger partial charge in [-0.05, 0) is 36.9 Å². The van der Waals surface area contributed by atoms with Crippen molar-refractivity contribution in [1.29, 1.82) is 0 Å². The zero-order valence-electron chi connectivity index (χ0n) is 11.3. The summed E-state index contributed by atoms with van der Waals surface area (Å²) in [6.07, 6.45) is 0. The fourth-order valence-electron chi connectivity index (χ4n) is 2.12. The number of nitrogens with one attached hydrogen (secondary N) is 1. The predicted molar refractivity (Wildman–Crippen MR) is 81.7 cm³/mol. The summed E-state index contributed by atoms with van der Waals surface area (Å²) in [5, 5.41) is 8.14. The van der Waals surface area contributed by atoms with E-state index in [2.05, 4.69) is 20.7 Å². The Hall–Kier alpha value is -2.01. The Kier molecular flexibility index (Phi) is 3.36. The lowest BCUT2D eigenvalue weighted by molar-refractivity contribution is 0.629. The number of hydrogen-bond acceptors (Lipinski definition) is 4. The molecular weight excluding hydrogens is 273 g/mol. The number of hydrogen-bond donors (Lipinski definition) is 1. The van der Waals surface area contributed by atoms with Gasteiger partial charge in [-0.25, -0.2) is 14.4 Å². The maximum Gasteiger partial charge on any atom is 0.163 e. The molecular formula is C15H14FN3S. The molecule has 1 N–H and O–H groups in total. The van der Waals surface area contributed by atoms with E-state index in [0.29, 0.717) is 11.3 Å². The van der Waals surface area contributed by atoms with Crippen molar-refractivity contribution in [3.8, 4) is 11.4 Å². The molecule has 2 aromatic heterocycles. The number of aromatic nitrogens is 2. The second kappa shape index (κ2) is 5.17. The molecule has 0 fully saturated rings. The van der Waals surface area contributed by atoms with Gasteiger partial charge in [-0.2, -0.15) is 11.3 Å². The molecule has 3 nitrogen and oxygen atoms in total. The molecule has 0 amide bonds. The summed E-state index contributed by atoms with van der Waals surface area (Å²) >= 11 is 1.61. The third-order valence-corrected chi connectivity index (χ3v) is 3.96. The molecule has 0 spiro atoms. The van der Waals surface area contributed by atoms with Gasteiger partial charge in [0.2, 0.25) is 0 Å². The van der Waals surface area contributed by atoms with E-state index in [1.807, 2.05) is 19.2 Å². The largest absolute Gasteiger partial charge is 0.370 e. The number of nitrogens with zero attached hydrogens (tertiary/aromatic N) is 2. The minimum atomic E-state index is -0.286. The van der Waals surface area contributed by atoms with Gasteiger partial charge in [0.25, 0.3) is 0 Å². The van der Waals surface area contributed by atoms with Gasteiger partial charge in [0.05, 0.1) is 5.52 Å². The Morgan fingerprint density at radius 1 is 1.25 bits per heavy atom. The van der Waals surface area contributed by atoms with Gasteiger partial charge < -0.3 is 5.32 Å². The van der Waals surface area contributed by atoms with Gasteiger partial charge in [-0.15, -0.1) is 0 Å². The van der Waals surface area contributed by atoms with E-state index in [-0.39, 0.29) is 5.82 Å². The van der Waals surface area contributed by atoms with Crippen LogP contribution in [-0.2, 0) is 0 Å². The fourth-order valence-corrected chi connectivity index (χ4v) is 2.94. The molecule has 3 rings (SSSR count). The summed E-state index contributed by atoms with van der Waals surface area (Å²) in [4.78, 5) is 9.08. The van der Waals surface area contributed by atoms with E-state index in [1.54, 1.807) is 17.4 Å². The van der Waals surface area contributed by atoms with Crippen LogP contribution in [0, 0.1) is 12.7 Å². The van der Waals surface area contributed by atoms with Crippen LogP contribution in [0.25, 0.3) is 22.3 Å². The Morgan fingerprint density at radius 3 is 2.80 bits per heavy atom. The van der Waals surface area contributed by atoms with Gasteiger partial charge in [-0.1, -0.05) is 0 Å². The second-order valence-corrected chi connectivity index (χ2v) is 5.30. The molecule has 0 aliphatic heterocycles. The first-order valence-corrected chi connectivity index (χ1v) is 7.37. The highest BCUT2D eigenvalue weighted by atomic mass is 32.1. The molecule has 0 unspecified atom stereocenters. The molecule has 0 saturated heterocycles. The van der Waals surface area contributed by atoms with Crippen molar-refractivity contribution in [3.63, 3.8) is 0 Å². The highest BCUT2D eigenvalue weighted by Crippen LogP contribution is 2.28. The fraction of sp³-hybridized carbons (Fsp3) is 0.200. The molecule has 0 bridgehead atoms. The van der Waals surface area contributed by atoms with Crippen LogP contribution in [0.1, 0.15) is 12.5 Å². The lowest BCUT2D eigenvalue weighted by atomic mass is 10.2. The van der Waals surface area contributed by atoms with E-state index >= 15 is 0 Å². The molecule has 2 heterocycles. The first kappa shape index (κ1) is 13.0. The number of benzene rings is 1. The van der Waals surface area contributed by atoms with Gasteiger partial charge >= 0.3 is 0 Å². The maximum absolute atomic E-state index is 13.4. The number of halogens is 1. The SMILES string of the molecule is CCNc1nc(-c2cscc2C)nc2cc(F)ccc12. The topological polar surface area (TPSA) is 37.8 Å². The van der Waals surface area contributed by atoms with E-state index in [1.165, 1.54) is 12.1 Å². The average Bonchev–Trinajstić information content (AvgIpc) is 2.84. The van der Waals surface area contributed by atoms with Gasteiger partial charge in [0.1, 0.15) is 11.6 Å². The standard InChI is InChI=1S/C15H14FN3S/c1-3-17-14-11-5-4-10(16)6-13(11)18-15(19-14)12-8-20-7-9(12)2/h4-8H,3H2,1-2H3,(H,17,18,19). The molecule has 5 heteroatoms. The van der Waals surface area contributed by atoms with E-state index < -0.39 is 0 Å². The van der Waals surface area contributed by atoms with Gasteiger partial charge in [0, 0.05) is 28.9 Å². The maximum atomic E-state index is 13.4. The minimum Gasteiger partial charge on any atom is -0.370 e. The number of thiophene rings is 1. The second-order valence-electron chi connectivity index (χ2n) is 4.56. The highest BCUT2D eigenvalue weighted by Gasteiger charge is 2.11. The minimum absolute atomic E-state index is 0.286. The first-order valence-electron chi connectivity index (χ1n) is 6.43. The van der Waals surface area contributed by atoms with Crippen LogP contribution >= 0.6 is 11.3 Å². The summed E-state index contributed by atoms with van der Waals surface area (Å²) in [7, 11) is 0. The summed E-state index contributed by atoms with van der Waals surface area (Å²) in [5.74, 6) is 1.10. The van der Waals surface area contributed by atoms with Crippen molar-refractivity contribution in [3.05, 3.63) is 40.3 Å². The van der Waals surface area contributed by atoms with Gasteiger partial charge in [-0.3, -0.25) is 0 Å². The van der Waals surface area contributed by atoms with Gasteiger partial charge in [0.15, 0.2) is 5.82 Å². The summed E-state index contributed by atoms with van der Waals surface area (Å²) in [6, 6.07) is 4.60. The van der Waals surface area contributed by atoms with Crippen molar-refractivity contribution in [2.24, 2.45) is 0 Å². The molecule has 20 heavy (non-hydrogen) atoms. The zero-order valence-corrected chi connectivity index (χ0v) is 12.1. The quantitative estimate of drug-likeness (QED) is 0.783. The molecule has 102 valence electrons. The van der Waals surface area contributed by atoms with Crippen molar-refractivity contribution < 1.29 is 4.39 Å². The number of aryl methyl sites for hydroxylation is 1. The predicted octanol–water partition coefficient (Wildman–Crippen LogP) is 4.24. The van der Waals surface area contributed by atoms with Crippen molar-refractivity contribution in [2.75, 3.05) is 11.9 Å². The summed E-state index contributed by atoms with van der Waals surface area (Å²) in [6.45, 7) is 4.79. The first-order chi connectivity index (χ1) is 9.69. The monoisotopic (exact) mass is 287 g/mol. The van der Waals surface area contributed by atoms with Crippen molar-refractivity contribution in [2.45, 2.75) is 13.8 Å². The highest BCUT2D eigenvalue weighted by molar-refractivity contribution is 7.08. The Morgan fingerprint density at radius 2 is 2.10 bits per heavy atom. The van der Waals surface area contributed by atoms with E-state index in [9.17, 15) is 4.39 Å². The lowest BCUT2D eigenvalue weighted by Crippen LogP contribution is -2.03. The van der Waals surface area contributed by atoms with Crippen molar-refractivity contribution >= 4 is 28.1 Å². The Labute approximate surface area is 120 Å². The molecule has 0 aliphatic rings. The molecule has 3 aromatic rings. The number of anilines is 1. The normalized spacial score (nSPS) is 10.9. The Balaban J connectivity index is 2.26. The van der Waals surface area contributed by atoms with Crippen LogP contribution in [-0.4, -0.2) is 16.5 Å². The average molecular weight is 287 g/mol. The number of fused-ring (bicyclic) bond motifs is 1. The lowest BCUT2D eigenvalue weighted by Gasteiger charge is -2.09. The van der Waals surface area contributed by atoms with Crippen molar-refractivity contribution in [1.82, 2.24) is 9.97 Å². The summed E-state index contributed by atoms with van der Waals surface area (Å²) in [5.41, 5.74) is 2.75. The van der Waals surface area contributed by atoms with E-state index in [0.717, 1.165) is 28.9 Å². The summed E-state index contributed by atoms with van der Waals surface area (Å²) < 4.78 is 13.4. The third-order valence-electron chi connectivity index (χ3n) is 3.10. The van der Waals surface area contributed by atoms with Crippen LogP contribution in [0.2, 0.25) is 0 Å². The zero-order chi connectivity index (χ0) is 14.1. The molecule has 0 saturated carbocycles.